The second-order valence-corrected chi connectivity index (χ2v) is 7.13. The first kappa shape index (κ1) is 27.9. The van der Waals surface area contributed by atoms with Crippen LogP contribution in [0.25, 0.3) is 5.52 Å². The molecule has 10 heteroatoms. The highest BCUT2D eigenvalue weighted by Crippen LogP contribution is 2.29. The Morgan fingerprint density at radius 2 is 1.50 bits per heavy atom. The number of aromatic nitrogens is 1. The molecule has 2 aromatic heterocycles. The van der Waals surface area contributed by atoms with Crippen molar-refractivity contribution >= 4 is 29.2 Å². The zero-order chi connectivity index (χ0) is 25.8. The molecule has 0 atom stereocenters. The van der Waals surface area contributed by atoms with E-state index in [9.17, 15) is 14.7 Å². The van der Waals surface area contributed by atoms with Gasteiger partial charge in [0.1, 0.15) is 5.75 Å². The molecule has 182 valence electrons. The fourth-order valence-corrected chi connectivity index (χ4v) is 2.56. The van der Waals surface area contributed by atoms with Gasteiger partial charge in [0.2, 0.25) is 0 Å². The smallest absolute Gasteiger partial charge is 0.414 e. The number of aliphatic hydroxyl groups excluding tert-OH is 1. The zero-order valence-electron chi connectivity index (χ0n) is 19.0. The summed E-state index contributed by atoms with van der Waals surface area (Å²) >= 11 is 0. The molecule has 0 aliphatic heterocycles. The number of ether oxygens (including phenoxy) is 1. The Balaban J connectivity index is 0.000000489. The van der Waals surface area contributed by atoms with Gasteiger partial charge in [-0.3, -0.25) is 4.79 Å². The Kier molecular flexibility index (Phi) is 11.0. The van der Waals surface area contributed by atoms with E-state index in [2.05, 4.69) is 0 Å². The Morgan fingerprint density at radius 3 is 1.97 bits per heavy atom. The van der Waals surface area contributed by atoms with Crippen LogP contribution in [0.1, 0.15) is 53.5 Å². The topological polar surface area (TPSA) is 163 Å². The summed E-state index contributed by atoms with van der Waals surface area (Å²) in [5, 5.41) is 32.1. The standard InChI is InChI=1S/C19H17NO4.C3H8O.C2H2O4/c1-2-10-24-16-12-20-9-8-14(19(22)23)11-15(20)17(16)18(21)13-6-4-3-5-7-13;1-3(2)4;3-1(4)2(5)6/h3-9,11-12H,2,10H2,1H3,(H,22,23);3-4H,1-2H3;(H,3,4)(H,5,6). The summed E-state index contributed by atoms with van der Waals surface area (Å²) in [6.45, 7) is 5.91. The quantitative estimate of drug-likeness (QED) is 0.311. The SMILES string of the molecule is CC(C)O.CCCOc1cn2ccc(C(=O)O)cc2c1C(=O)c1ccccc1.O=C(O)C(=O)O. The number of pyridine rings is 1. The minimum atomic E-state index is -1.82. The van der Waals surface area contributed by atoms with Crippen LogP contribution in [-0.4, -0.2) is 61.2 Å². The van der Waals surface area contributed by atoms with Gasteiger partial charge >= 0.3 is 17.9 Å². The van der Waals surface area contributed by atoms with E-state index in [0.29, 0.717) is 29.0 Å². The lowest BCUT2D eigenvalue weighted by Crippen LogP contribution is -2.09. The van der Waals surface area contributed by atoms with E-state index < -0.39 is 17.9 Å². The molecule has 0 radical (unpaired) electrons. The Hall–Kier alpha value is -4.18. The highest BCUT2D eigenvalue weighted by atomic mass is 16.5. The molecule has 0 spiro atoms. The van der Waals surface area contributed by atoms with Gasteiger partial charge in [-0.2, -0.15) is 0 Å². The zero-order valence-corrected chi connectivity index (χ0v) is 19.0. The van der Waals surface area contributed by atoms with Crippen LogP contribution in [0.3, 0.4) is 0 Å². The number of aliphatic carboxylic acids is 2. The van der Waals surface area contributed by atoms with Crippen molar-refractivity contribution in [2.75, 3.05) is 6.61 Å². The number of benzene rings is 1. The summed E-state index contributed by atoms with van der Waals surface area (Å²) in [4.78, 5) is 42.4. The first-order chi connectivity index (χ1) is 16.0. The van der Waals surface area contributed by atoms with Gasteiger partial charge in [-0.1, -0.05) is 37.3 Å². The van der Waals surface area contributed by atoms with Gasteiger partial charge in [0, 0.05) is 17.9 Å². The van der Waals surface area contributed by atoms with Crippen LogP contribution in [0.5, 0.6) is 5.75 Å². The second kappa shape index (κ2) is 13.4. The first-order valence-corrected chi connectivity index (χ1v) is 10.2. The number of fused-ring (bicyclic) bond motifs is 1. The van der Waals surface area contributed by atoms with Gasteiger partial charge in [-0.05, 0) is 32.4 Å². The van der Waals surface area contributed by atoms with E-state index in [1.807, 2.05) is 13.0 Å². The van der Waals surface area contributed by atoms with Gasteiger partial charge in [0.05, 0.1) is 29.4 Å². The fraction of sp³-hybridized carbons (Fsp3) is 0.250. The maximum atomic E-state index is 12.9. The molecule has 10 nitrogen and oxygen atoms in total. The number of carboxylic acid groups (broad SMARTS) is 3. The second-order valence-electron chi connectivity index (χ2n) is 7.13. The fourth-order valence-electron chi connectivity index (χ4n) is 2.56. The molecule has 1 aromatic carbocycles. The van der Waals surface area contributed by atoms with Crippen LogP contribution in [0.2, 0.25) is 0 Å². The minimum absolute atomic E-state index is 0.129. The Labute approximate surface area is 195 Å². The number of ketones is 1. The lowest BCUT2D eigenvalue weighted by molar-refractivity contribution is -0.159. The summed E-state index contributed by atoms with van der Waals surface area (Å²) < 4.78 is 7.44. The summed E-state index contributed by atoms with van der Waals surface area (Å²) in [5.74, 6) is -4.40. The van der Waals surface area contributed by atoms with Gasteiger partial charge in [-0.25, -0.2) is 14.4 Å². The van der Waals surface area contributed by atoms with E-state index in [1.54, 1.807) is 54.9 Å². The summed E-state index contributed by atoms with van der Waals surface area (Å²) in [6.07, 6.45) is 3.98. The van der Waals surface area contributed by atoms with Crippen LogP contribution in [-0.2, 0) is 9.59 Å². The molecule has 0 bridgehead atoms. The number of hydrogen-bond acceptors (Lipinski definition) is 6. The van der Waals surface area contributed by atoms with Crippen molar-refractivity contribution in [3.8, 4) is 5.75 Å². The van der Waals surface area contributed by atoms with Crippen LogP contribution in [0, 0.1) is 0 Å². The molecule has 3 rings (SSSR count). The maximum Gasteiger partial charge on any atom is 0.414 e. The highest BCUT2D eigenvalue weighted by molar-refractivity contribution is 6.27. The predicted molar refractivity (Wildman–Crippen MR) is 123 cm³/mol. The normalized spacial score (nSPS) is 9.91. The molecule has 0 unspecified atom stereocenters. The van der Waals surface area contributed by atoms with Gasteiger partial charge in [-0.15, -0.1) is 0 Å². The monoisotopic (exact) mass is 473 g/mol. The van der Waals surface area contributed by atoms with Crippen LogP contribution in [0.15, 0.2) is 54.9 Å². The average Bonchev–Trinajstić information content (AvgIpc) is 3.15. The van der Waals surface area contributed by atoms with Crippen LogP contribution in [0.4, 0.5) is 0 Å². The number of aromatic carboxylic acids is 1. The predicted octanol–water partition coefficient (Wildman–Crippen LogP) is 3.20. The molecule has 3 aromatic rings. The van der Waals surface area contributed by atoms with Crippen molar-refractivity contribution < 1.29 is 44.3 Å². The van der Waals surface area contributed by atoms with Gasteiger partial charge < -0.3 is 29.6 Å². The first-order valence-electron chi connectivity index (χ1n) is 10.2. The third-order valence-corrected chi connectivity index (χ3v) is 3.90. The number of nitrogens with zero attached hydrogens (tertiary/aromatic N) is 1. The van der Waals surface area contributed by atoms with Crippen LogP contribution < -0.4 is 4.74 Å². The van der Waals surface area contributed by atoms with E-state index in [-0.39, 0.29) is 17.5 Å². The average molecular weight is 473 g/mol. The molecule has 0 saturated heterocycles. The van der Waals surface area contributed by atoms with Crippen molar-refractivity contribution in [3.63, 3.8) is 0 Å². The van der Waals surface area contributed by atoms with Crippen LogP contribution >= 0.6 is 0 Å². The molecule has 0 amide bonds. The molecule has 0 saturated carbocycles. The van der Waals surface area contributed by atoms with E-state index in [0.717, 1.165) is 6.42 Å². The molecule has 0 aliphatic rings. The molecular weight excluding hydrogens is 446 g/mol. The Morgan fingerprint density at radius 1 is 0.941 bits per heavy atom. The van der Waals surface area contributed by atoms with Crippen molar-refractivity contribution in [3.05, 3.63) is 71.5 Å². The molecular formula is C24H27NO9. The maximum absolute atomic E-state index is 12.9. The number of hydrogen-bond donors (Lipinski definition) is 4. The molecule has 4 N–H and O–H groups in total. The summed E-state index contributed by atoms with van der Waals surface area (Å²) in [6, 6.07) is 11.9. The highest BCUT2D eigenvalue weighted by Gasteiger charge is 2.21. The number of carbonyl (C=O) groups excluding carboxylic acids is 1. The van der Waals surface area contributed by atoms with Gasteiger partial charge in [0.15, 0.2) is 5.78 Å². The number of rotatable bonds is 6. The lowest BCUT2D eigenvalue weighted by Gasteiger charge is -2.06. The van der Waals surface area contributed by atoms with Gasteiger partial charge in [0.25, 0.3) is 0 Å². The van der Waals surface area contributed by atoms with Crippen molar-refractivity contribution in [2.45, 2.75) is 33.3 Å². The minimum Gasteiger partial charge on any atom is -0.491 e. The number of aliphatic hydroxyl groups is 1. The van der Waals surface area contributed by atoms with Crippen molar-refractivity contribution in [2.24, 2.45) is 0 Å². The molecule has 0 aliphatic carbocycles. The summed E-state index contributed by atoms with van der Waals surface area (Å²) in [5.41, 5.74) is 1.57. The number of carbonyl (C=O) groups is 4. The molecule has 0 fully saturated rings. The lowest BCUT2D eigenvalue weighted by atomic mass is 10.0. The third kappa shape index (κ3) is 8.40. The third-order valence-electron chi connectivity index (χ3n) is 3.90. The largest absolute Gasteiger partial charge is 0.491 e. The van der Waals surface area contributed by atoms with Crippen molar-refractivity contribution in [1.29, 1.82) is 0 Å². The number of carboxylic acids is 3. The van der Waals surface area contributed by atoms with E-state index in [1.165, 1.54) is 12.1 Å². The Bertz CT molecular complexity index is 1120. The molecule has 34 heavy (non-hydrogen) atoms. The van der Waals surface area contributed by atoms with Crippen molar-refractivity contribution in [1.82, 2.24) is 4.40 Å². The molecule has 2 heterocycles. The van der Waals surface area contributed by atoms with E-state index in [4.69, 9.17) is 29.6 Å². The summed E-state index contributed by atoms with van der Waals surface area (Å²) in [7, 11) is 0. The van der Waals surface area contributed by atoms with E-state index >= 15 is 0 Å².